The van der Waals surface area contributed by atoms with Gasteiger partial charge in [-0.05, 0) is 63.2 Å². The second kappa shape index (κ2) is 7.98. The summed E-state index contributed by atoms with van der Waals surface area (Å²) in [6.07, 6.45) is 15.4. The summed E-state index contributed by atoms with van der Waals surface area (Å²) in [6, 6.07) is 0. The standard InChI is InChI=1S/C19H32/c1-3-4-5-17-10-12-19(13-11-17)15-14-18-8-6-16(2)7-9-18/h16-19H,3-13H2,1-2H3. The number of hydrogen-bond acceptors (Lipinski definition) is 0. The zero-order chi connectivity index (χ0) is 13.5. The predicted molar refractivity (Wildman–Crippen MR) is 83.9 cm³/mol. The lowest BCUT2D eigenvalue weighted by Crippen LogP contribution is -2.14. The summed E-state index contributed by atoms with van der Waals surface area (Å²) in [6.45, 7) is 4.70. The van der Waals surface area contributed by atoms with Crippen molar-refractivity contribution in [2.24, 2.45) is 23.7 Å². The zero-order valence-electron chi connectivity index (χ0n) is 13.1. The largest absolute Gasteiger partial charge is 0.0996 e. The Morgan fingerprint density at radius 1 is 0.789 bits per heavy atom. The topological polar surface area (TPSA) is 0 Å². The summed E-state index contributed by atoms with van der Waals surface area (Å²) in [5.41, 5.74) is 0. The van der Waals surface area contributed by atoms with Gasteiger partial charge < -0.3 is 0 Å². The smallest absolute Gasteiger partial charge is 0.0203 e. The summed E-state index contributed by atoms with van der Waals surface area (Å²) < 4.78 is 0. The molecule has 108 valence electrons. The number of hydrogen-bond donors (Lipinski definition) is 0. The molecule has 0 saturated heterocycles. The molecule has 0 heterocycles. The average molecular weight is 260 g/mol. The van der Waals surface area contributed by atoms with Crippen molar-refractivity contribution in [2.45, 2.75) is 84.5 Å². The maximum Gasteiger partial charge on any atom is 0.0203 e. The maximum absolute atomic E-state index is 3.63. The molecule has 2 fully saturated rings. The fourth-order valence-electron chi connectivity index (χ4n) is 3.73. The Kier molecular flexibility index (Phi) is 6.29. The van der Waals surface area contributed by atoms with E-state index in [1.165, 1.54) is 70.6 Å². The van der Waals surface area contributed by atoms with E-state index in [1.807, 2.05) is 0 Å². The van der Waals surface area contributed by atoms with E-state index in [2.05, 4.69) is 25.7 Å². The van der Waals surface area contributed by atoms with E-state index in [0.717, 1.165) is 23.7 Å². The fraction of sp³-hybridized carbons (Fsp3) is 0.895. The lowest BCUT2D eigenvalue weighted by molar-refractivity contribution is 0.295. The van der Waals surface area contributed by atoms with Crippen LogP contribution < -0.4 is 0 Å². The molecule has 19 heavy (non-hydrogen) atoms. The molecular weight excluding hydrogens is 228 g/mol. The van der Waals surface area contributed by atoms with Crippen LogP contribution in [-0.4, -0.2) is 0 Å². The third kappa shape index (κ3) is 5.21. The van der Waals surface area contributed by atoms with Gasteiger partial charge in [0.05, 0.1) is 0 Å². The fourth-order valence-corrected chi connectivity index (χ4v) is 3.73. The van der Waals surface area contributed by atoms with Crippen LogP contribution in [0.2, 0.25) is 0 Å². The van der Waals surface area contributed by atoms with E-state index >= 15 is 0 Å². The molecule has 0 spiro atoms. The molecule has 0 bridgehead atoms. The molecule has 0 N–H and O–H groups in total. The summed E-state index contributed by atoms with van der Waals surface area (Å²) in [4.78, 5) is 0. The van der Waals surface area contributed by atoms with Gasteiger partial charge in [-0.3, -0.25) is 0 Å². The van der Waals surface area contributed by atoms with Gasteiger partial charge in [0.1, 0.15) is 0 Å². The Labute approximate surface area is 120 Å². The van der Waals surface area contributed by atoms with Crippen LogP contribution in [0.4, 0.5) is 0 Å². The van der Waals surface area contributed by atoms with Gasteiger partial charge in [0.25, 0.3) is 0 Å². The van der Waals surface area contributed by atoms with Gasteiger partial charge in [0.15, 0.2) is 0 Å². The molecule has 2 aliphatic carbocycles. The van der Waals surface area contributed by atoms with Gasteiger partial charge in [-0.25, -0.2) is 0 Å². The van der Waals surface area contributed by atoms with Crippen molar-refractivity contribution in [1.29, 1.82) is 0 Å². The quantitative estimate of drug-likeness (QED) is 0.561. The second-order valence-electron chi connectivity index (χ2n) is 7.11. The minimum absolute atomic E-state index is 0.731. The molecule has 2 saturated carbocycles. The molecule has 0 aliphatic heterocycles. The van der Waals surface area contributed by atoms with Crippen molar-refractivity contribution in [3.8, 4) is 11.8 Å². The first-order valence-corrected chi connectivity index (χ1v) is 8.79. The first kappa shape index (κ1) is 15.0. The summed E-state index contributed by atoms with van der Waals surface area (Å²) in [5.74, 6) is 10.7. The maximum atomic E-state index is 3.63. The summed E-state index contributed by atoms with van der Waals surface area (Å²) in [7, 11) is 0. The minimum Gasteiger partial charge on any atom is -0.0996 e. The van der Waals surface area contributed by atoms with E-state index < -0.39 is 0 Å². The molecule has 0 nitrogen and oxygen atoms in total. The van der Waals surface area contributed by atoms with Crippen LogP contribution in [0.15, 0.2) is 0 Å². The lowest BCUT2D eigenvalue weighted by atomic mass is 9.79. The highest BCUT2D eigenvalue weighted by Gasteiger charge is 2.20. The van der Waals surface area contributed by atoms with Crippen molar-refractivity contribution in [3.05, 3.63) is 0 Å². The van der Waals surface area contributed by atoms with Crippen molar-refractivity contribution in [1.82, 2.24) is 0 Å². The highest BCUT2D eigenvalue weighted by molar-refractivity contribution is 5.08. The monoisotopic (exact) mass is 260 g/mol. The Morgan fingerprint density at radius 2 is 1.32 bits per heavy atom. The Morgan fingerprint density at radius 3 is 1.84 bits per heavy atom. The van der Waals surface area contributed by atoms with Crippen LogP contribution in [0.1, 0.15) is 84.5 Å². The van der Waals surface area contributed by atoms with Gasteiger partial charge in [-0.1, -0.05) is 45.0 Å². The summed E-state index contributed by atoms with van der Waals surface area (Å²) in [5, 5.41) is 0. The zero-order valence-corrected chi connectivity index (χ0v) is 13.1. The van der Waals surface area contributed by atoms with E-state index in [1.54, 1.807) is 0 Å². The van der Waals surface area contributed by atoms with Crippen molar-refractivity contribution >= 4 is 0 Å². The molecule has 0 heteroatoms. The lowest BCUT2D eigenvalue weighted by Gasteiger charge is -2.26. The molecule has 0 aromatic carbocycles. The third-order valence-corrected chi connectivity index (χ3v) is 5.32. The number of unbranched alkanes of at least 4 members (excludes halogenated alkanes) is 1. The van der Waals surface area contributed by atoms with Crippen molar-refractivity contribution < 1.29 is 0 Å². The third-order valence-electron chi connectivity index (χ3n) is 5.32. The predicted octanol–water partition coefficient (Wildman–Crippen LogP) is 5.81. The molecule has 0 unspecified atom stereocenters. The van der Waals surface area contributed by atoms with E-state index in [4.69, 9.17) is 0 Å². The Hall–Kier alpha value is -0.440. The van der Waals surface area contributed by atoms with Crippen LogP contribution in [0.25, 0.3) is 0 Å². The highest BCUT2D eigenvalue weighted by Crippen LogP contribution is 2.32. The van der Waals surface area contributed by atoms with E-state index in [0.29, 0.717) is 0 Å². The molecule has 0 radical (unpaired) electrons. The highest BCUT2D eigenvalue weighted by atomic mass is 14.2. The van der Waals surface area contributed by atoms with Crippen LogP contribution in [-0.2, 0) is 0 Å². The molecule has 0 aromatic heterocycles. The van der Waals surface area contributed by atoms with Gasteiger partial charge in [-0.2, -0.15) is 0 Å². The van der Waals surface area contributed by atoms with Crippen LogP contribution >= 0.6 is 0 Å². The Balaban J connectivity index is 1.68. The molecular formula is C19H32. The van der Waals surface area contributed by atoms with Crippen LogP contribution in [0, 0.1) is 35.5 Å². The number of rotatable bonds is 3. The molecule has 0 aromatic rings. The second-order valence-corrected chi connectivity index (χ2v) is 7.11. The van der Waals surface area contributed by atoms with Crippen molar-refractivity contribution in [2.75, 3.05) is 0 Å². The van der Waals surface area contributed by atoms with Gasteiger partial charge in [-0.15, -0.1) is 0 Å². The normalized spacial score (nSPS) is 35.5. The molecule has 0 atom stereocenters. The van der Waals surface area contributed by atoms with Gasteiger partial charge >= 0.3 is 0 Å². The SMILES string of the molecule is CCCCC1CCC(C#CC2CCC(C)CC2)CC1. The summed E-state index contributed by atoms with van der Waals surface area (Å²) >= 11 is 0. The minimum atomic E-state index is 0.731. The molecule has 2 aliphatic rings. The van der Waals surface area contributed by atoms with Gasteiger partial charge in [0, 0.05) is 11.8 Å². The first-order valence-electron chi connectivity index (χ1n) is 8.79. The van der Waals surface area contributed by atoms with E-state index in [9.17, 15) is 0 Å². The van der Waals surface area contributed by atoms with Crippen LogP contribution in [0.3, 0.4) is 0 Å². The molecule has 2 rings (SSSR count). The van der Waals surface area contributed by atoms with Crippen LogP contribution in [0.5, 0.6) is 0 Å². The average Bonchev–Trinajstić information content (AvgIpc) is 2.46. The van der Waals surface area contributed by atoms with E-state index in [-0.39, 0.29) is 0 Å². The first-order chi connectivity index (χ1) is 9.28. The van der Waals surface area contributed by atoms with Gasteiger partial charge in [0.2, 0.25) is 0 Å². The van der Waals surface area contributed by atoms with Crippen molar-refractivity contribution in [3.63, 3.8) is 0 Å². The Bertz CT molecular complexity index is 290. The molecule has 0 amide bonds.